The van der Waals surface area contributed by atoms with Crippen molar-refractivity contribution in [3.63, 3.8) is 0 Å². The average molecular weight is 344 g/mol. The topological polar surface area (TPSA) is 63.2 Å². The summed E-state index contributed by atoms with van der Waals surface area (Å²) >= 11 is 6.05. The van der Waals surface area contributed by atoms with Gasteiger partial charge in [-0.15, -0.1) is 0 Å². The Hall–Kier alpha value is -1.07. The molecule has 0 saturated carbocycles. The Morgan fingerprint density at radius 2 is 2.09 bits per heavy atom. The van der Waals surface area contributed by atoms with E-state index in [0.29, 0.717) is 35.9 Å². The van der Waals surface area contributed by atoms with Crippen molar-refractivity contribution >= 4 is 27.3 Å². The minimum Gasteiger partial charge on any atom is -0.356 e. The highest BCUT2D eigenvalue weighted by Gasteiger charge is 2.27. The van der Waals surface area contributed by atoms with E-state index in [1.165, 1.54) is 0 Å². The summed E-state index contributed by atoms with van der Waals surface area (Å²) in [6.07, 6.45) is 3.51. The first-order valence-electron chi connectivity index (χ1n) is 7.67. The third kappa shape index (κ3) is 5.61. The van der Waals surface area contributed by atoms with E-state index in [1.807, 2.05) is 24.3 Å². The maximum Gasteiger partial charge on any atom is 0.220 e. The van der Waals surface area contributed by atoms with Crippen molar-refractivity contribution in [2.45, 2.75) is 32.1 Å². The van der Waals surface area contributed by atoms with Gasteiger partial charge in [0.2, 0.25) is 5.91 Å². The van der Waals surface area contributed by atoms with Crippen molar-refractivity contribution in [2.75, 3.05) is 18.1 Å². The van der Waals surface area contributed by atoms with Crippen LogP contribution in [-0.2, 0) is 21.1 Å². The van der Waals surface area contributed by atoms with Crippen LogP contribution in [0.15, 0.2) is 24.3 Å². The molecule has 6 heteroatoms. The van der Waals surface area contributed by atoms with Gasteiger partial charge in [0.25, 0.3) is 0 Å². The molecule has 22 heavy (non-hydrogen) atoms. The number of amides is 1. The van der Waals surface area contributed by atoms with E-state index in [9.17, 15) is 13.2 Å². The van der Waals surface area contributed by atoms with E-state index < -0.39 is 9.84 Å². The molecule has 122 valence electrons. The second kappa shape index (κ2) is 7.97. The number of hydrogen-bond acceptors (Lipinski definition) is 3. The summed E-state index contributed by atoms with van der Waals surface area (Å²) in [6, 6.07) is 7.53. The van der Waals surface area contributed by atoms with Crippen LogP contribution in [0.25, 0.3) is 0 Å². The number of nitrogens with one attached hydrogen (secondary N) is 1. The highest BCUT2D eigenvalue weighted by molar-refractivity contribution is 7.91. The predicted octanol–water partition coefficient (Wildman–Crippen LogP) is 2.60. The fourth-order valence-electron chi connectivity index (χ4n) is 2.76. The lowest BCUT2D eigenvalue weighted by Gasteiger charge is -2.09. The van der Waals surface area contributed by atoms with E-state index in [1.54, 1.807) is 0 Å². The number of hydrogen-bond donors (Lipinski definition) is 1. The van der Waals surface area contributed by atoms with Crippen LogP contribution in [0.3, 0.4) is 0 Å². The fraction of sp³-hybridized carbons (Fsp3) is 0.562. The zero-order chi connectivity index (χ0) is 16.0. The Bertz CT molecular complexity index is 616. The van der Waals surface area contributed by atoms with Crippen LogP contribution in [0, 0.1) is 5.92 Å². The van der Waals surface area contributed by atoms with Crippen molar-refractivity contribution < 1.29 is 13.2 Å². The molecule has 0 aliphatic carbocycles. The van der Waals surface area contributed by atoms with Crippen LogP contribution in [0.2, 0.25) is 5.02 Å². The molecule has 0 spiro atoms. The van der Waals surface area contributed by atoms with E-state index in [2.05, 4.69) is 5.32 Å². The molecule has 1 fully saturated rings. The molecule has 0 bridgehead atoms. The molecule has 0 aromatic heterocycles. The van der Waals surface area contributed by atoms with Crippen LogP contribution in [0.1, 0.15) is 31.2 Å². The second-order valence-electron chi connectivity index (χ2n) is 5.85. The van der Waals surface area contributed by atoms with Gasteiger partial charge in [-0.25, -0.2) is 8.42 Å². The lowest BCUT2D eigenvalue weighted by atomic mass is 10.0. The van der Waals surface area contributed by atoms with Gasteiger partial charge in [0.05, 0.1) is 11.5 Å². The van der Waals surface area contributed by atoms with Crippen molar-refractivity contribution in [1.82, 2.24) is 5.32 Å². The number of carbonyl (C=O) groups is 1. The van der Waals surface area contributed by atoms with Crippen molar-refractivity contribution in [2.24, 2.45) is 5.92 Å². The van der Waals surface area contributed by atoms with Crippen molar-refractivity contribution in [1.29, 1.82) is 0 Å². The zero-order valence-electron chi connectivity index (χ0n) is 12.6. The maximum absolute atomic E-state index is 11.8. The molecule has 1 heterocycles. The normalized spacial score (nSPS) is 20.0. The average Bonchev–Trinajstić information content (AvgIpc) is 2.82. The summed E-state index contributed by atoms with van der Waals surface area (Å²) in [5.74, 6) is 0.916. The molecule has 1 unspecified atom stereocenters. The number of aryl methyl sites for hydroxylation is 1. The lowest BCUT2D eigenvalue weighted by Crippen LogP contribution is -2.25. The molecule has 0 radical (unpaired) electrons. The first-order valence-corrected chi connectivity index (χ1v) is 9.87. The summed E-state index contributed by atoms with van der Waals surface area (Å²) in [5, 5.41) is 3.58. The molecule has 1 aromatic rings. The van der Waals surface area contributed by atoms with Gasteiger partial charge in [-0.1, -0.05) is 29.8 Å². The van der Waals surface area contributed by atoms with Gasteiger partial charge in [-0.05, 0) is 43.2 Å². The Kier molecular flexibility index (Phi) is 6.26. The maximum atomic E-state index is 11.8. The molecular weight excluding hydrogens is 322 g/mol. The minimum atomic E-state index is -2.79. The van der Waals surface area contributed by atoms with Gasteiger partial charge in [0, 0.05) is 18.0 Å². The SMILES string of the molecule is O=C(CCc1ccccc1Cl)NCCCC1CCS(=O)(=O)C1. The Morgan fingerprint density at radius 3 is 2.77 bits per heavy atom. The first kappa shape index (κ1) is 17.3. The smallest absolute Gasteiger partial charge is 0.220 e. The third-order valence-corrected chi connectivity index (χ3v) is 6.22. The van der Waals surface area contributed by atoms with Crippen LogP contribution in [-0.4, -0.2) is 32.4 Å². The van der Waals surface area contributed by atoms with E-state index >= 15 is 0 Å². The molecule has 1 aliphatic heterocycles. The molecule has 1 amide bonds. The van der Waals surface area contributed by atoms with Crippen molar-refractivity contribution in [3.8, 4) is 0 Å². The molecule has 2 rings (SSSR count). The van der Waals surface area contributed by atoms with Gasteiger partial charge in [-0.3, -0.25) is 4.79 Å². The molecule has 1 atom stereocenters. The van der Waals surface area contributed by atoms with Crippen molar-refractivity contribution in [3.05, 3.63) is 34.9 Å². The summed E-state index contributed by atoms with van der Waals surface area (Å²) in [5.41, 5.74) is 0.982. The molecule has 1 aromatic carbocycles. The van der Waals surface area contributed by atoms with Crippen LogP contribution >= 0.6 is 11.6 Å². The lowest BCUT2D eigenvalue weighted by molar-refractivity contribution is -0.121. The summed E-state index contributed by atoms with van der Waals surface area (Å²) < 4.78 is 22.7. The number of rotatable bonds is 7. The van der Waals surface area contributed by atoms with E-state index in [-0.39, 0.29) is 11.8 Å². The van der Waals surface area contributed by atoms with Crippen LogP contribution < -0.4 is 5.32 Å². The van der Waals surface area contributed by atoms with Gasteiger partial charge < -0.3 is 5.32 Å². The number of benzene rings is 1. The monoisotopic (exact) mass is 343 g/mol. The molecule has 4 nitrogen and oxygen atoms in total. The molecule has 1 aliphatic rings. The third-order valence-electron chi connectivity index (χ3n) is 4.02. The first-order chi connectivity index (χ1) is 10.5. The number of sulfone groups is 1. The van der Waals surface area contributed by atoms with Crippen LogP contribution in [0.5, 0.6) is 0 Å². The Labute approximate surface area is 137 Å². The summed E-state index contributed by atoms with van der Waals surface area (Å²) in [6.45, 7) is 0.609. The summed E-state index contributed by atoms with van der Waals surface area (Å²) in [4.78, 5) is 11.8. The quantitative estimate of drug-likeness (QED) is 0.774. The number of halogens is 1. The highest BCUT2D eigenvalue weighted by Crippen LogP contribution is 2.22. The van der Waals surface area contributed by atoms with Gasteiger partial charge >= 0.3 is 0 Å². The molecular formula is C16H22ClNO3S. The van der Waals surface area contributed by atoms with E-state index in [4.69, 9.17) is 11.6 Å². The van der Waals surface area contributed by atoms with E-state index in [0.717, 1.165) is 24.8 Å². The second-order valence-corrected chi connectivity index (χ2v) is 8.49. The fourth-order valence-corrected chi connectivity index (χ4v) is 4.90. The Balaban J connectivity index is 1.59. The summed E-state index contributed by atoms with van der Waals surface area (Å²) in [7, 11) is -2.79. The zero-order valence-corrected chi connectivity index (χ0v) is 14.1. The van der Waals surface area contributed by atoms with Gasteiger partial charge in [0.15, 0.2) is 9.84 Å². The van der Waals surface area contributed by atoms with Gasteiger partial charge in [0.1, 0.15) is 0 Å². The molecule has 1 N–H and O–H groups in total. The minimum absolute atomic E-state index is 0.0129. The largest absolute Gasteiger partial charge is 0.356 e. The Morgan fingerprint density at radius 1 is 1.32 bits per heavy atom. The predicted molar refractivity (Wildman–Crippen MR) is 88.8 cm³/mol. The molecule has 1 saturated heterocycles. The standard InChI is InChI=1S/C16H22ClNO3S/c17-15-6-2-1-5-14(15)7-8-16(19)18-10-3-4-13-9-11-22(20,21)12-13/h1-2,5-6,13H,3-4,7-12H2,(H,18,19). The van der Waals surface area contributed by atoms with Crippen LogP contribution in [0.4, 0.5) is 0 Å². The van der Waals surface area contributed by atoms with Gasteiger partial charge in [-0.2, -0.15) is 0 Å². The highest BCUT2D eigenvalue weighted by atomic mass is 35.5. The number of carbonyl (C=O) groups excluding carboxylic acids is 1.